The van der Waals surface area contributed by atoms with Gasteiger partial charge in [-0.1, -0.05) is 37.3 Å². The van der Waals surface area contributed by atoms with Crippen molar-refractivity contribution in [2.45, 2.75) is 44.7 Å². The Labute approximate surface area is 202 Å². The van der Waals surface area contributed by atoms with E-state index < -0.39 is 6.04 Å². The van der Waals surface area contributed by atoms with Crippen molar-refractivity contribution < 1.29 is 9.59 Å². The van der Waals surface area contributed by atoms with E-state index in [-0.39, 0.29) is 17.2 Å². The molecule has 34 heavy (non-hydrogen) atoms. The molecule has 2 amide bonds. The second kappa shape index (κ2) is 10.2. The van der Waals surface area contributed by atoms with Gasteiger partial charge in [0.25, 0.3) is 5.91 Å². The van der Waals surface area contributed by atoms with Gasteiger partial charge in [0, 0.05) is 44.3 Å². The monoisotopic (exact) mass is 464 g/mol. The Morgan fingerprint density at radius 1 is 1.09 bits per heavy atom. The van der Waals surface area contributed by atoms with Gasteiger partial charge in [-0.3, -0.25) is 14.5 Å². The van der Waals surface area contributed by atoms with Crippen molar-refractivity contribution in [3.05, 3.63) is 59.2 Å². The number of nitrogens with zero attached hydrogens (tertiary/aromatic N) is 5. The van der Waals surface area contributed by atoms with Gasteiger partial charge in [-0.25, -0.2) is 9.97 Å². The Kier molecular flexibility index (Phi) is 7.28. The molecule has 1 atom stereocenters. The zero-order valence-electron chi connectivity index (χ0n) is 20.8. The summed E-state index contributed by atoms with van der Waals surface area (Å²) in [5.41, 5.74) is 2.21. The van der Waals surface area contributed by atoms with Crippen LogP contribution in [0.3, 0.4) is 0 Å². The van der Waals surface area contributed by atoms with Crippen LogP contribution in [0.25, 0.3) is 0 Å². The highest BCUT2D eigenvalue weighted by Gasteiger charge is 2.38. The molecule has 1 aromatic heterocycles. The molecule has 0 aliphatic carbocycles. The zero-order valence-corrected chi connectivity index (χ0v) is 20.8. The average Bonchev–Trinajstić information content (AvgIpc) is 2.85. The third-order valence-electron chi connectivity index (χ3n) is 7.23. The van der Waals surface area contributed by atoms with Gasteiger partial charge in [0.2, 0.25) is 5.91 Å². The number of hydrogen-bond acceptors (Lipinski definition) is 6. The van der Waals surface area contributed by atoms with E-state index in [4.69, 9.17) is 9.97 Å². The van der Waals surface area contributed by atoms with Gasteiger partial charge in [0.05, 0.1) is 0 Å². The fourth-order valence-electron chi connectivity index (χ4n) is 4.89. The van der Waals surface area contributed by atoms with Crippen LogP contribution in [0.5, 0.6) is 0 Å². The summed E-state index contributed by atoms with van der Waals surface area (Å²) in [5, 5.41) is 2.74. The van der Waals surface area contributed by atoms with Crippen LogP contribution in [0.1, 0.15) is 47.3 Å². The molecule has 0 saturated carbocycles. The SMILES string of the molecule is CNC(=O)C1CN(Cc2ccccc2)CCN1C(=O)c1cc(C)nc(C2(C)CCN(C)CC2)n1. The molecule has 8 heteroatoms. The summed E-state index contributed by atoms with van der Waals surface area (Å²) in [4.78, 5) is 42.2. The van der Waals surface area contributed by atoms with Crippen molar-refractivity contribution in [3.8, 4) is 0 Å². The van der Waals surface area contributed by atoms with Gasteiger partial charge >= 0.3 is 0 Å². The summed E-state index contributed by atoms with van der Waals surface area (Å²) in [6.45, 7) is 8.49. The van der Waals surface area contributed by atoms with E-state index >= 15 is 0 Å². The number of hydrogen-bond donors (Lipinski definition) is 1. The minimum absolute atomic E-state index is 0.151. The molecule has 2 aromatic rings. The molecular weight excluding hydrogens is 428 g/mol. The topological polar surface area (TPSA) is 81.7 Å². The van der Waals surface area contributed by atoms with E-state index in [9.17, 15) is 9.59 Å². The molecule has 2 fully saturated rings. The Morgan fingerprint density at radius 3 is 2.47 bits per heavy atom. The number of carbonyl (C=O) groups is 2. The number of rotatable bonds is 5. The molecule has 1 N–H and O–H groups in total. The summed E-state index contributed by atoms with van der Waals surface area (Å²) < 4.78 is 0. The molecule has 3 heterocycles. The molecule has 2 aliphatic rings. The molecule has 0 spiro atoms. The molecule has 182 valence electrons. The van der Waals surface area contributed by atoms with Crippen LogP contribution in [0.4, 0.5) is 0 Å². The maximum Gasteiger partial charge on any atom is 0.273 e. The fraction of sp³-hybridized carbons (Fsp3) is 0.538. The third kappa shape index (κ3) is 5.28. The van der Waals surface area contributed by atoms with E-state index in [1.54, 1.807) is 18.0 Å². The van der Waals surface area contributed by atoms with Gasteiger partial charge in [0.1, 0.15) is 17.6 Å². The lowest BCUT2D eigenvalue weighted by molar-refractivity contribution is -0.127. The number of amides is 2. The maximum absolute atomic E-state index is 13.7. The second-order valence-corrected chi connectivity index (χ2v) is 9.93. The summed E-state index contributed by atoms with van der Waals surface area (Å²) >= 11 is 0. The van der Waals surface area contributed by atoms with Crippen LogP contribution in [-0.2, 0) is 16.8 Å². The predicted molar refractivity (Wildman–Crippen MR) is 131 cm³/mol. The van der Waals surface area contributed by atoms with Crippen molar-refractivity contribution in [1.82, 2.24) is 30.0 Å². The van der Waals surface area contributed by atoms with E-state index in [1.807, 2.05) is 25.1 Å². The van der Waals surface area contributed by atoms with E-state index in [1.165, 1.54) is 5.56 Å². The van der Waals surface area contributed by atoms with Crippen LogP contribution >= 0.6 is 0 Å². The summed E-state index contributed by atoms with van der Waals surface area (Å²) in [5.74, 6) is 0.388. The first-order valence-corrected chi connectivity index (χ1v) is 12.1. The molecule has 8 nitrogen and oxygen atoms in total. The molecule has 2 saturated heterocycles. The van der Waals surface area contributed by atoms with E-state index in [0.29, 0.717) is 25.3 Å². The molecule has 1 unspecified atom stereocenters. The Hall–Kier alpha value is -2.84. The zero-order chi connectivity index (χ0) is 24.3. The maximum atomic E-state index is 13.7. The van der Waals surface area contributed by atoms with Gasteiger partial charge < -0.3 is 15.1 Å². The fourth-order valence-corrected chi connectivity index (χ4v) is 4.89. The lowest BCUT2D eigenvalue weighted by Gasteiger charge is -2.40. The van der Waals surface area contributed by atoms with Crippen molar-refractivity contribution in [1.29, 1.82) is 0 Å². The van der Waals surface area contributed by atoms with E-state index in [0.717, 1.165) is 44.0 Å². The molecule has 0 bridgehead atoms. The summed E-state index contributed by atoms with van der Waals surface area (Å²) in [6, 6.07) is 11.4. The van der Waals surface area contributed by atoms with Crippen LogP contribution in [0, 0.1) is 6.92 Å². The van der Waals surface area contributed by atoms with E-state index in [2.05, 4.69) is 41.2 Å². The highest BCUT2D eigenvalue weighted by atomic mass is 16.2. The number of likely N-dealkylation sites (tertiary alicyclic amines) is 1. The number of benzene rings is 1. The molecule has 1 aromatic carbocycles. The number of carbonyl (C=O) groups excluding carboxylic acids is 2. The minimum Gasteiger partial charge on any atom is -0.357 e. The third-order valence-corrected chi connectivity index (χ3v) is 7.23. The highest BCUT2D eigenvalue weighted by Crippen LogP contribution is 2.33. The first-order valence-electron chi connectivity index (χ1n) is 12.1. The van der Waals surface area contributed by atoms with Crippen LogP contribution in [0.2, 0.25) is 0 Å². The molecule has 2 aliphatic heterocycles. The lowest BCUT2D eigenvalue weighted by atomic mass is 9.79. The number of likely N-dealkylation sites (N-methyl/N-ethyl adjacent to an activating group) is 1. The smallest absolute Gasteiger partial charge is 0.273 e. The Morgan fingerprint density at radius 2 is 1.79 bits per heavy atom. The summed E-state index contributed by atoms with van der Waals surface area (Å²) in [7, 11) is 3.75. The normalized spacial score (nSPS) is 21.3. The van der Waals surface area contributed by atoms with Gasteiger partial charge in [-0.2, -0.15) is 0 Å². The highest BCUT2D eigenvalue weighted by molar-refractivity contribution is 5.96. The second-order valence-electron chi connectivity index (χ2n) is 9.93. The molecule has 0 radical (unpaired) electrons. The number of aromatic nitrogens is 2. The van der Waals surface area contributed by atoms with Crippen LogP contribution in [-0.4, -0.2) is 89.3 Å². The standard InChI is InChI=1S/C26H36N6O2/c1-19-16-21(29-25(28-19)26(2)10-12-30(4)13-11-26)24(34)32-15-14-31(18-22(32)23(33)27-3)17-20-8-6-5-7-9-20/h5-9,16,22H,10-15,17-18H2,1-4H3,(H,27,33). The first-order chi connectivity index (χ1) is 16.3. The Bertz CT molecular complexity index is 1020. The lowest BCUT2D eigenvalue weighted by Crippen LogP contribution is -2.60. The van der Waals surface area contributed by atoms with Crippen molar-refractivity contribution in [2.75, 3.05) is 46.8 Å². The number of aryl methyl sites for hydroxylation is 1. The number of piperazine rings is 1. The predicted octanol–water partition coefficient (Wildman–Crippen LogP) is 1.84. The van der Waals surface area contributed by atoms with Gasteiger partial charge in [-0.15, -0.1) is 0 Å². The number of nitrogens with one attached hydrogen (secondary N) is 1. The quantitative estimate of drug-likeness (QED) is 0.727. The number of piperidine rings is 1. The first kappa shape index (κ1) is 24.3. The molecule has 4 rings (SSSR count). The largest absolute Gasteiger partial charge is 0.357 e. The van der Waals surface area contributed by atoms with Gasteiger partial charge in [0.15, 0.2) is 0 Å². The molecular formula is C26H36N6O2. The summed E-state index contributed by atoms with van der Waals surface area (Å²) in [6.07, 6.45) is 1.92. The average molecular weight is 465 g/mol. The van der Waals surface area contributed by atoms with Crippen molar-refractivity contribution in [3.63, 3.8) is 0 Å². The van der Waals surface area contributed by atoms with Crippen molar-refractivity contribution in [2.24, 2.45) is 0 Å². The van der Waals surface area contributed by atoms with Crippen molar-refractivity contribution >= 4 is 11.8 Å². The minimum atomic E-state index is -0.562. The van der Waals surface area contributed by atoms with Crippen LogP contribution in [0.15, 0.2) is 36.4 Å². The van der Waals surface area contributed by atoms with Crippen LogP contribution < -0.4 is 5.32 Å². The van der Waals surface area contributed by atoms with Gasteiger partial charge in [-0.05, 0) is 51.5 Å². The Balaban J connectivity index is 1.55.